The summed E-state index contributed by atoms with van der Waals surface area (Å²) in [6.45, 7) is 5.87. The van der Waals surface area contributed by atoms with E-state index in [0.29, 0.717) is 19.3 Å². The molecule has 0 radical (unpaired) electrons. The summed E-state index contributed by atoms with van der Waals surface area (Å²) in [5.41, 5.74) is 3.19. The molecule has 16 heavy (non-hydrogen) atoms. The summed E-state index contributed by atoms with van der Waals surface area (Å²) in [4.78, 5) is 3.77. The van der Waals surface area contributed by atoms with Gasteiger partial charge in [0, 0.05) is 11.8 Å². The van der Waals surface area contributed by atoms with Crippen LogP contribution < -0.4 is 0 Å². The molecule has 0 saturated carbocycles. The summed E-state index contributed by atoms with van der Waals surface area (Å²) >= 11 is 0. The van der Waals surface area contributed by atoms with Crippen LogP contribution in [0.4, 0.5) is 13.2 Å². The van der Waals surface area contributed by atoms with Crippen LogP contribution in [0.1, 0.15) is 27.2 Å². The summed E-state index contributed by atoms with van der Waals surface area (Å²) in [6.07, 6.45) is 2.49. The van der Waals surface area contributed by atoms with E-state index in [-0.39, 0.29) is 5.70 Å². The van der Waals surface area contributed by atoms with Crippen molar-refractivity contribution in [1.82, 2.24) is 0 Å². The Labute approximate surface area is 95.1 Å². The minimum atomic E-state index is -2.50. The maximum Gasteiger partial charge on any atom is 0.280 e. The number of hydrogen-bond donors (Lipinski definition) is 0. The van der Waals surface area contributed by atoms with Gasteiger partial charge in [-0.1, -0.05) is 20.8 Å². The number of rotatable bonds is 2. The summed E-state index contributed by atoms with van der Waals surface area (Å²) in [5.74, 6) is 0. The molecule has 4 heteroatoms. The summed E-state index contributed by atoms with van der Waals surface area (Å²) in [5, 5.41) is 0. The highest BCUT2D eigenvalue weighted by molar-refractivity contribution is 5.95. The van der Waals surface area contributed by atoms with Crippen molar-refractivity contribution in [2.24, 2.45) is 4.99 Å². The molecule has 0 aromatic heterocycles. The smallest absolute Gasteiger partial charge is 0.255 e. The third-order valence-corrected chi connectivity index (χ3v) is 1.46. The van der Waals surface area contributed by atoms with E-state index >= 15 is 0 Å². The molecule has 1 heterocycles. The average Bonchev–Trinajstić information content (AvgIpc) is 2.59. The molecular formula is C12H18F3N. The largest absolute Gasteiger partial charge is 0.280 e. The van der Waals surface area contributed by atoms with E-state index in [9.17, 15) is 13.2 Å². The average molecular weight is 233 g/mol. The van der Waals surface area contributed by atoms with Crippen LogP contribution in [0.15, 0.2) is 34.6 Å². The number of aliphatic imine (C=N–C) groups is 1. The molecule has 1 rings (SSSR count). The predicted octanol–water partition coefficient (Wildman–Crippen LogP) is 4.32. The van der Waals surface area contributed by atoms with E-state index in [2.05, 4.69) is 10.7 Å². The molecule has 0 N–H and O–H groups in total. The lowest BCUT2D eigenvalue weighted by Gasteiger charge is -1.99. The zero-order valence-corrected chi connectivity index (χ0v) is 10.1. The molecule has 1 aliphatic rings. The Hall–Kier alpha value is -1.28. The van der Waals surface area contributed by atoms with Crippen molar-refractivity contribution < 1.29 is 13.2 Å². The van der Waals surface area contributed by atoms with Gasteiger partial charge in [0.2, 0.25) is 0 Å². The first-order valence-electron chi connectivity index (χ1n) is 5.10. The van der Waals surface area contributed by atoms with Crippen LogP contribution in [0.3, 0.4) is 0 Å². The Morgan fingerprint density at radius 3 is 2.31 bits per heavy atom. The van der Waals surface area contributed by atoms with E-state index in [0.717, 1.165) is 0 Å². The Kier molecular flexibility index (Phi) is 12.6. The van der Waals surface area contributed by atoms with E-state index in [4.69, 9.17) is 0 Å². The Morgan fingerprint density at radius 2 is 1.88 bits per heavy atom. The monoisotopic (exact) mass is 233 g/mol. The number of nitrogens with zero attached hydrogens (tertiary/aromatic N) is 1. The Morgan fingerprint density at radius 1 is 1.31 bits per heavy atom. The molecule has 0 unspecified atom stereocenters. The quantitative estimate of drug-likeness (QED) is 0.630. The van der Waals surface area contributed by atoms with Crippen LogP contribution in [0.5, 0.6) is 0 Å². The number of allylic oxidation sites excluding steroid dienone is 3. The first-order chi connectivity index (χ1) is 7.74. The predicted molar refractivity (Wildman–Crippen MR) is 62.8 cm³/mol. The van der Waals surface area contributed by atoms with Crippen LogP contribution in [0.25, 0.3) is 0 Å². The van der Waals surface area contributed by atoms with E-state index in [1.54, 1.807) is 6.08 Å². The molecule has 0 fully saturated rings. The molecular weight excluding hydrogens is 215 g/mol. The maximum atomic E-state index is 12.2. The van der Waals surface area contributed by atoms with Gasteiger partial charge in [0.15, 0.2) is 0 Å². The van der Waals surface area contributed by atoms with Crippen LogP contribution in [-0.4, -0.2) is 19.3 Å². The molecule has 1 nitrogen and oxygen atoms in total. The molecule has 92 valence electrons. The highest BCUT2D eigenvalue weighted by atomic mass is 19.3. The number of hydrogen-bond acceptors (Lipinski definition) is 1. The van der Waals surface area contributed by atoms with Gasteiger partial charge < -0.3 is 0 Å². The van der Waals surface area contributed by atoms with Gasteiger partial charge in [-0.25, -0.2) is 8.78 Å². The molecule has 0 amide bonds. The van der Waals surface area contributed by atoms with Gasteiger partial charge in [0.05, 0.1) is 7.18 Å². The van der Waals surface area contributed by atoms with E-state index < -0.39 is 6.43 Å². The SMILES string of the molecule is CC.CCC1=NC(C(F)F)=CC=C=C1.CF. The normalized spacial score (nSPS) is 12.8. The van der Waals surface area contributed by atoms with Crippen LogP contribution in [-0.2, 0) is 0 Å². The van der Waals surface area contributed by atoms with Gasteiger partial charge in [-0.15, -0.1) is 5.73 Å². The number of halogens is 3. The number of alkyl halides is 3. The van der Waals surface area contributed by atoms with Crippen molar-refractivity contribution >= 4 is 5.71 Å². The van der Waals surface area contributed by atoms with Gasteiger partial charge in [0.25, 0.3) is 6.43 Å². The van der Waals surface area contributed by atoms with Crippen molar-refractivity contribution in [3.63, 3.8) is 0 Å². The Bertz CT molecular complexity index is 285. The topological polar surface area (TPSA) is 12.4 Å². The standard InChI is InChI=1S/C9H9F2N.C2H6.CH3F/c1-2-7-5-3-4-6-8(12-7)9(10)11;2*1-2/h4-6,9H,2H2,1H3;1-2H3;1H3. The molecule has 1 aliphatic heterocycles. The fourth-order valence-electron chi connectivity index (χ4n) is 0.816. The lowest BCUT2D eigenvalue weighted by atomic mass is 10.3. The highest BCUT2D eigenvalue weighted by Crippen LogP contribution is 2.12. The third-order valence-electron chi connectivity index (χ3n) is 1.46. The first-order valence-corrected chi connectivity index (χ1v) is 5.10. The Balaban J connectivity index is 0. The molecule has 0 aromatic rings. The molecule has 0 aliphatic carbocycles. The lowest BCUT2D eigenvalue weighted by molar-refractivity contribution is 0.188. The van der Waals surface area contributed by atoms with E-state index in [1.807, 2.05) is 20.8 Å². The van der Waals surface area contributed by atoms with Gasteiger partial charge >= 0.3 is 0 Å². The van der Waals surface area contributed by atoms with Crippen molar-refractivity contribution in [1.29, 1.82) is 0 Å². The molecule has 0 aromatic carbocycles. The van der Waals surface area contributed by atoms with Crippen molar-refractivity contribution in [2.75, 3.05) is 7.18 Å². The van der Waals surface area contributed by atoms with Gasteiger partial charge in [0.1, 0.15) is 5.70 Å². The summed E-state index contributed by atoms with van der Waals surface area (Å²) in [6, 6.07) is 0. The van der Waals surface area contributed by atoms with E-state index in [1.165, 1.54) is 12.2 Å². The second-order valence-electron chi connectivity index (χ2n) is 2.33. The van der Waals surface area contributed by atoms with Gasteiger partial charge in [-0.3, -0.25) is 9.38 Å². The first kappa shape index (κ1) is 17.1. The lowest BCUT2D eigenvalue weighted by Crippen LogP contribution is -1.97. The van der Waals surface area contributed by atoms with Crippen LogP contribution in [0.2, 0.25) is 0 Å². The van der Waals surface area contributed by atoms with Gasteiger partial charge in [-0.05, 0) is 18.6 Å². The fraction of sp³-hybridized carbons (Fsp3) is 0.500. The maximum absolute atomic E-state index is 12.2. The second kappa shape index (κ2) is 11.8. The third kappa shape index (κ3) is 7.07. The molecule has 0 spiro atoms. The van der Waals surface area contributed by atoms with Crippen molar-refractivity contribution in [2.45, 2.75) is 33.6 Å². The van der Waals surface area contributed by atoms with Crippen molar-refractivity contribution in [3.05, 3.63) is 29.7 Å². The molecule has 0 saturated heterocycles. The summed E-state index contributed by atoms with van der Waals surface area (Å²) in [7, 11) is 0.500. The van der Waals surface area contributed by atoms with Gasteiger partial charge in [-0.2, -0.15) is 0 Å². The highest BCUT2D eigenvalue weighted by Gasteiger charge is 2.09. The second-order valence-corrected chi connectivity index (χ2v) is 2.33. The van der Waals surface area contributed by atoms with Crippen LogP contribution in [0, 0.1) is 0 Å². The van der Waals surface area contributed by atoms with Crippen LogP contribution >= 0.6 is 0 Å². The fourth-order valence-corrected chi connectivity index (χ4v) is 0.816. The summed E-state index contributed by atoms with van der Waals surface area (Å²) < 4.78 is 33.8. The minimum Gasteiger partial charge on any atom is -0.255 e. The van der Waals surface area contributed by atoms with Crippen molar-refractivity contribution in [3.8, 4) is 0 Å². The molecule has 0 bridgehead atoms. The zero-order chi connectivity index (χ0) is 13.0. The minimum absolute atomic E-state index is 0.187. The molecule has 0 atom stereocenters. The zero-order valence-electron chi connectivity index (χ0n) is 10.1.